The Kier molecular flexibility index (Phi) is 5.28. The standard InChI is InChI=1S/C25H23N3O6/c1-14-12-19-20-21(25(31)26(24(20)30)10-11-34-2)22(27(19)18-9-4-3-8-17(14)18)23(29)15-6-5-7-16(13-15)28(32)33/h3-9,12-13,19-22H,10-11H2,1-2H3. The minimum Gasteiger partial charge on any atom is -0.383 e. The van der Waals surface area contributed by atoms with E-state index in [0.29, 0.717) is 0 Å². The number of methoxy groups -OCH3 is 1. The number of hydrogen-bond donors (Lipinski definition) is 0. The van der Waals surface area contributed by atoms with Crippen molar-refractivity contribution in [3.8, 4) is 0 Å². The summed E-state index contributed by atoms with van der Waals surface area (Å²) in [6, 6.07) is 11.6. The molecule has 2 fully saturated rings. The molecule has 2 amide bonds. The van der Waals surface area contributed by atoms with Gasteiger partial charge in [0.05, 0.1) is 36.0 Å². The van der Waals surface area contributed by atoms with Gasteiger partial charge in [-0.2, -0.15) is 0 Å². The molecule has 0 spiro atoms. The number of nitro benzene ring substituents is 1. The van der Waals surface area contributed by atoms with Crippen LogP contribution in [0.25, 0.3) is 5.57 Å². The number of rotatable bonds is 6. The molecule has 9 nitrogen and oxygen atoms in total. The van der Waals surface area contributed by atoms with E-state index in [2.05, 4.69) is 0 Å². The van der Waals surface area contributed by atoms with E-state index in [9.17, 15) is 24.5 Å². The number of nitrogens with zero attached hydrogens (tertiary/aromatic N) is 3. The molecule has 4 atom stereocenters. The fourth-order valence-electron chi connectivity index (χ4n) is 5.51. The van der Waals surface area contributed by atoms with Gasteiger partial charge < -0.3 is 9.64 Å². The summed E-state index contributed by atoms with van der Waals surface area (Å²) in [5.41, 5.74) is 2.59. The van der Waals surface area contributed by atoms with E-state index in [0.717, 1.165) is 16.8 Å². The Balaban J connectivity index is 1.65. The van der Waals surface area contributed by atoms with Gasteiger partial charge in [0, 0.05) is 36.1 Å². The Hall–Kier alpha value is -3.85. The van der Waals surface area contributed by atoms with Crippen molar-refractivity contribution in [2.45, 2.75) is 19.0 Å². The maximum atomic E-state index is 13.9. The average molecular weight is 461 g/mol. The highest BCUT2D eigenvalue weighted by Crippen LogP contribution is 2.50. The maximum Gasteiger partial charge on any atom is 0.270 e. The number of likely N-dealkylation sites (tertiary alicyclic amines) is 1. The fourth-order valence-corrected chi connectivity index (χ4v) is 5.51. The van der Waals surface area contributed by atoms with E-state index in [4.69, 9.17) is 4.74 Å². The lowest BCUT2D eigenvalue weighted by molar-refractivity contribution is -0.384. The minimum absolute atomic E-state index is 0.116. The molecule has 2 aromatic carbocycles. The highest BCUT2D eigenvalue weighted by molar-refractivity contribution is 6.14. The van der Waals surface area contributed by atoms with Gasteiger partial charge in [0.25, 0.3) is 5.69 Å². The Bertz CT molecular complexity index is 1250. The van der Waals surface area contributed by atoms with Gasteiger partial charge >= 0.3 is 0 Å². The first kappa shape index (κ1) is 22.0. The van der Waals surface area contributed by atoms with Crippen LogP contribution in [-0.2, 0) is 14.3 Å². The summed E-state index contributed by atoms with van der Waals surface area (Å²) in [7, 11) is 1.49. The summed E-state index contributed by atoms with van der Waals surface area (Å²) >= 11 is 0. The number of allylic oxidation sites excluding steroid dienone is 1. The number of Topliss-reactive ketones (excluding diaryl/α,β-unsaturated/α-hetero) is 1. The predicted octanol–water partition coefficient (Wildman–Crippen LogP) is 2.70. The number of carbonyl (C=O) groups is 3. The summed E-state index contributed by atoms with van der Waals surface area (Å²) < 4.78 is 5.07. The molecule has 5 rings (SSSR count). The first-order valence-electron chi connectivity index (χ1n) is 11.0. The molecule has 0 aromatic heterocycles. The van der Waals surface area contributed by atoms with Crippen molar-refractivity contribution in [1.82, 2.24) is 4.90 Å². The summed E-state index contributed by atoms with van der Waals surface area (Å²) in [4.78, 5) is 54.6. The van der Waals surface area contributed by atoms with Gasteiger partial charge in [-0.05, 0) is 18.6 Å². The number of hydrogen-bond acceptors (Lipinski definition) is 7. The Morgan fingerprint density at radius 1 is 1.09 bits per heavy atom. The second-order valence-electron chi connectivity index (χ2n) is 8.75. The fraction of sp³-hybridized carbons (Fsp3) is 0.320. The van der Waals surface area contributed by atoms with Crippen LogP contribution in [0.4, 0.5) is 11.4 Å². The van der Waals surface area contributed by atoms with Gasteiger partial charge in [-0.25, -0.2) is 0 Å². The third kappa shape index (κ3) is 3.15. The molecule has 3 aliphatic rings. The average Bonchev–Trinajstić information content (AvgIpc) is 3.30. The van der Waals surface area contributed by atoms with Gasteiger partial charge in [-0.1, -0.05) is 36.4 Å². The molecule has 174 valence electrons. The first-order chi connectivity index (χ1) is 16.3. The zero-order chi connectivity index (χ0) is 24.1. The number of para-hydroxylation sites is 1. The van der Waals surface area contributed by atoms with Crippen LogP contribution < -0.4 is 4.90 Å². The lowest BCUT2D eigenvalue weighted by Crippen LogP contribution is -2.49. The molecule has 9 heteroatoms. The van der Waals surface area contributed by atoms with Gasteiger partial charge in [0.15, 0.2) is 5.78 Å². The molecule has 0 aliphatic carbocycles. The molecule has 2 aromatic rings. The Morgan fingerprint density at radius 3 is 2.56 bits per heavy atom. The molecule has 34 heavy (non-hydrogen) atoms. The van der Waals surface area contributed by atoms with Crippen molar-refractivity contribution >= 4 is 34.5 Å². The van der Waals surface area contributed by atoms with Crippen LogP contribution >= 0.6 is 0 Å². The van der Waals surface area contributed by atoms with Crippen molar-refractivity contribution < 1.29 is 24.0 Å². The third-order valence-electron chi connectivity index (χ3n) is 6.98. The van der Waals surface area contributed by atoms with E-state index in [1.54, 1.807) is 0 Å². The van der Waals surface area contributed by atoms with Gasteiger partial charge in [-0.15, -0.1) is 0 Å². The monoisotopic (exact) mass is 461 g/mol. The van der Waals surface area contributed by atoms with Crippen LogP contribution in [0.3, 0.4) is 0 Å². The number of imide groups is 1. The van der Waals surface area contributed by atoms with E-state index in [-0.39, 0.29) is 30.3 Å². The van der Waals surface area contributed by atoms with Crippen LogP contribution in [0, 0.1) is 22.0 Å². The first-order valence-corrected chi connectivity index (χ1v) is 11.0. The zero-order valence-corrected chi connectivity index (χ0v) is 18.7. The smallest absolute Gasteiger partial charge is 0.270 e. The molecular formula is C25H23N3O6. The SMILES string of the molecule is COCCN1C(=O)C2C(C1=O)C(C(=O)c1cccc([N+](=O)[O-])c1)N1c3ccccc3C(C)=CC21. The molecular weight excluding hydrogens is 438 g/mol. The van der Waals surface area contributed by atoms with Crippen molar-refractivity contribution in [2.24, 2.45) is 11.8 Å². The maximum absolute atomic E-state index is 13.9. The molecule has 4 unspecified atom stereocenters. The lowest BCUT2D eigenvalue weighted by Gasteiger charge is -2.38. The highest BCUT2D eigenvalue weighted by atomic mass is 16.6. The predicted molar refractivity (Wildman–Crippen MR) is 123 cm³/mol. The van der Waals surface area contributed by atoms with Crippen LogP contribution in [0.15, 0.2) is 54.6 Å². The van der Waals surface area contributed by atoms with Crippen molar-refractivity contribution in [3.05, 3.63) is 75.8 Å². The number of ether oxygens (including phenoxy) is 1. The Morgan fingerprint density at radius 2 is 1.82 bits per heavy atom. The number of carbonyl (C=O) groups excluding carboxylic acids is 3. The molecule has 3 heterocycles. The van der Waals surface area contributed by atoms with Crippen LogP contribution in [0.5, 0.6) is 0 Å². The van der Waals surface area contributed by atoms with Gasteiger partial charge in [0.2, 0.25) is 11.8 Å². The minimum atomic E-state index is -0.966. The second-order valence-corrected chi connectivity index (χ2v) is 8.75. The molecule has 2 saturated heterocycles. The molecule has 0 saturated carbocycles. The molecule has 3 aliphatic heterocycles. The number of amides is 2. The molecule has 0 N–H and O–H groups in total. The van der Waals surface area contributed by atoms with Crippen LogP contribution in [0.2, 0.25) is 0 Å². The largest absolute Gasteiger partial charge is 0.383 e. The van der Waals surface area contributed by atoms with E-state index >= 15 is 0 Å². The summed E-state index contributed by atoms with van der Waals surface area (Å²) in [6.45, 7) is 2.27. The number of anilines is 1. The van der Waals surface area contributed by atoms with E-state index in [1.165, 1.54) is 36.3 Å². The summed E-state index contributed by atoms with van der Waals surface area (Å²) in [5.74, 6) is -2.76. The number of benzene rings is 2. The second kappa shape index (κ2) is 8.18. The van der Waals surface area contributed by atoms with Crippen LogP contribution in [-0.4, -0.2) is 59.8 Å². The molecule has 0 radical (unpaired) electrons. The Labute approximate surface area is 195 Å². The normalized spacial score (nSPS) is 25.1. The van der Waals surface area contributed by atoms with Crippen molar-refractivity contribution in [2.75, 3.05) is 25.2 Å². The number of fused-ring (bicyclic) bond motifs is 5. The van der Waals surface area contributed by atoms with Crippen molar-refractivity contribution in [1.29, 1.82) is 0 Å². The molecule has 0 bridgehead atoms. The van der Waals surface area contributed by atoms with Gasteiger partial charge in [0.1, 0.15) is 6.04 Å². The lowest BCUT2D eigenvalue weighted by atomic mass is 9.85. The topological polar surface area (TPSA) is 110 Å². The summed E-state index contributed by atoms with van der Waals surface area (Å²) in [6.07, 6.45) is 1.95. The summed E-state index contributed by atoms with van der Waals surface area (Å²) in [5, 5.41) is 11.3. The zero-order valence-electron chi connectivity index (χ0n) is 18.7. The van der Waals surface area contributed by atoms with E-state index < -0.39 is 40.5 Å². The number of non-ortho nitro benzene ring substituents is 1. The quantitative estimate of drug-likeness (QED) is 0.282. The highest BCUT2D eigenvalue weighted by Gasteiger charge is 2.64. The number of nitro groups is 1. The van der Waals surface area contributed by atoms with Gasteiger partial charge in [-0.3, -0.25) is 29.4 Å². The van der Waals surface area contributed by atoms with Crippen molar-refractivity contribution in [3.63, 3.8) is 0 Å². The number of ketones is 1. The van der Waals surface area contributed by atoms with E-state index in [1.807, 2.05) is 42.2 Å². The third-order valence-corrected chi connectivity index (χ3v) is 6.98. The van der Waals surface area contributed by atoms with Crippen LogP contribution in [0.1, 0.15) is 22.8 Å².